The number of carbonyl (C=O) groups is 1. The number of hydrogen-bond acceptors (Lipinski definition) is 5. The van der Waals surface area contributed by atoms with Gasteiger partial charge in [-0.25, -0.2) is 4.79 Å². The van der Waals surface area contributed by atoms with Crippen molar-refractivity contribution >= 4 is 18.0 Å². The molecule has 0 aromatic carbocycles. The summed E-state index contributed by atoms with van der Waals surface area (Å²) in [5.41, 5.74) is -0.633. The van der Waals surface area contributed by atoms with Gasteiger partial charge in [0, 0.05) is 24.8 Å². The molecule has 1 aliphatic rings. The van der Waals surface area contributed by atoms with Crippen molar-refractivity contribution in [2.45, 2.75) is 70.2 Å². The van der Waals surface area contributed by atoms with Gasteiger partial charge in [-0.1, -0.05) is 0 Å². The van der Waals surface area contributed by atoms with E-state index in [1.54, 1.807) is 0 Å². The average Bonchev–Trinajstić information content (AvgIpc) is 2.98. The van der Waals surface area contributed by atoms with E-state index in [0.717, 1.165) is 42.9 Å². The summed E-state index contributed by atoms with van der Waals surface area (Å²) in [5.74, 6) is 0.454. The van der Waals surface area contributed by atoms with Crippen molar-refractivity contribution < 1.29 is 9.53 Å². The number of aryl methyl sites for hydroxylation is 1. The zero-order chi connectivity index (χ0) is 17.3. The Morgan fingerprint density at radius 3 is 2.78 bits per heavy atom. The van der Waals surface area contributed by atoms with Crippen molar-refractivity contribution in [3.63, 3.8) is 0 Å². The number of nitrogens with zero attached hydrogens (tertiary/aromatic N) is 3. The Morgan fingerprint density at radius 1 is 1.52 bits per heavy atom. The Hall–Kier alpha value is -1.21. The van der Waals surface area contributed by atoms with Crippen LogP contribution in [-0.4, -0.2) is 38.5 Å². The highest BCUT2D eigenvalue weighted by Gasteiger charge is 2.42. The third-order valence-electron chi connectivity index (χ3n) is 4.08. The van der Waals surface area contributed by atoms with Crippen molar-refractivity contribution in [2.75, 3.05) is 6.54 Å². The Bertz CT molecular complexity index is 551. The fraction of sp³-hybridized carbons (Fsp3) is 0.750. The van der Waals surface area contributed by atoms with E-state index in [2.05, 4.69) is 18.9 Å². The summed E-state index contributed by atoms with van der Waals surface area (Å²) in [4.78, 5) is 14.3. The van der Waals surface area contributed by atoms with Crippen LogP contribution in [0.5, 0.6) is 0 Å². The maximum atomic E-state index is 12.4. The normalized spacial score (nSPS) is 20.8. The summed E-state index contributed by atoms with van der Waals surface area (Å²) in [7, 11) is 0. The molecule has 1 aromatic heterocycles. The second-order valence-electron chi connectivity index (χ2n) is 7.80. The highest BCUT2D eigenvalue weighted by molar-refractivity contribution is 7.97. The van der Waals surface area contributed by atoms with Gasteiger partial charge in [0.2, 0.25) is 0 Å². The van der Waals surface area contributed by atoms with Crippen LogP contribution in [0.2, 0.25) is 0 Å². The first-order valence-corrected chi connectivity index (χ1v) is 8.89. The summed E-state index contributed by atoms with van der Waals surface area (Å²) in [6.45, 7) is 11.5. The molecule has 2 heterocycles. The maximum absolute atomic E-state index is 12.4. The SMILES string of the molecule is CC(C)(C)OC(=O)N1CC(CCn2ccc(SN)n2)CC1(C)C. The van der Waals surface area contributed by atoms with E-state index in [-0.39, 0.29) is 11.6 Å². The van der Waals surface area contributed by atoms with Crippen LogP contribution in [0.25, 0.3) is 0 Å². The van der Waals surface area contributed by atoms with Crippen LogP contribution in [0.15, 0.2) is 17.3 Å². The summed E-state index contributed by atoms with van der Waals surface area (Å²) in [5, 5.41) is 10.7. The number of carbonyl (C=O) groups excluding carboxylic acids is 1. The van der Waals surface area contributed by atoms with E-state index in [9.17, 15) is 4.79 Å². The quantitative estimate of drug-likeness (QED) is 0.852. The van der Waals surface area contributed by atoms with E-state index in [0.29, 0.717) is 5.92 Å². The maximum Gasteiger partial charge on any atom is 0.410 e. The zero-order valence-corrected chi connectivity index (χ0v) is 15.5. The zero-order valence-electron chi connectivity index (χ0n) is 14.7. The molecule has 1 saturated heterocycles. The number of likely N-dealkylation sites (tertiary alicyclic amines) is 1. The van der Waals surface area contributed by atoms with Gasteiger partial charge in [-0.2, -0.15) is 5.10 Å². The van der Waals surface area contributed by atoms with E-state index >= 15 is 0 Å². The first kappa shape index (κ1) is 18.1. The number of ether oxygens (including phenoxy) is 1. The predicted molar refractivity (Wildman–Crippen MR) is 92.0 cm³/mol. The summed E-state index contributed by atoms with van der Waals surface area (Å²) in [6.07, 6.45) is 3.69. The third-order valence-corrected chi connectivity index (χ3v) is 4.54. The minimum absolute atomic E-state index is 0.171. The van der Waals surface area contributed by atoms with E-state index < -0.39 is 5.60 Å². The number of rotatable bonds is 4. The molecule has 2 rings (SSSR count). The highest BCUT2D eigenvalue weighted by Crippen LogP contribution is 2.35. The van der Waals surface area contributed by atoms with Crippen LogP contribution < -0.4 is 5.14 Å². The van der Waals surface area contributed by atoms with Crippen LogP contribution in [0.3, 0.4) is 0 Å². The first-order chi connectivity index (χ1) is 10.6. The molecule has 6 nitrogen and oxygen atoms in total. The molecule has 0 saturated carbocycles. The van der Waals surface area contributed by atoms with Gasteiger partial charge in [0.25, 0.3) is 0 Å². The average molecular weight is 340 g/mol. The molecule has 0 spiro atoms. The van der Waals surface area contributed by atoms with Gasteiger partial charge >= 0.3 is 6.09 Å². The van der Waals surface area contributed by atoms with Gasteiger partial charge in [0.05, 0.1) is 0 Å². The van der Waals surface area contributed by atoms with E-state index in [4.69, 9.17) is 9.88 Å². The van der Waals surface area contributed by atoms with Crippen molar-refractivity contribution in [1.29, 1.82) is 0 Å². The lowest BCUT2D eigenvalue weighted by molar-refractivity contribution is 0.0131. The van der Waals surface area contributed by atoms with Gasteiger partial charge in [-0.15, -0.1) is 0 Å². The molecule has 1 atom stereocenters. The standard InChI is InChI=1S/C16H28N4O2S/c1-15(2,3)22-14(21)20-11-12(10-16(20,4)5)6-8-19-9-7-13(18-19)23-17/h7,9,12H,6,8,10-11,17H2,1-5H3. The van der Waals surface area contributed by atoms with Crippen molar-refractivity contribution in [2.24, 2.45) is 11.1 Å². The molecule has 7 heteroatoms. The molecule has 1 aromatic rings. The molecule has 1 aliphatic heterocycles. The van der Waals surface area contributed by atoms with Gasteiger partial charge in [0.15, 0.2) is 0 Å². The minimum atomic E-state index is -0.462. The second kappa shape index (κ2) is 6.73. The van der Waals surface area contributed by atoms with Gasteiger partial charge < -0.3 is 9.64 Å². The molecular formula is C16H28N4O2S. The Balaban J connectivity index is 1.92. The van der Waals surface area contributed by atoms with Crippen molar-refractivity contribution in [1.82, 2.24) is 14.7 Å². The largest absolute Gasteiger partial charge is 0.444 e. The van der Waals surface area contributed by atoms with Crippen LogP contribution >= 0.6 is 11.9 Å². The van der Waals surface area contributed by atoms with Gasteiger partial charge in [-0.05, 0) is 71.4 Å². The smallest absolute Gasteiger partial charge is 0.410 e. The number of nitrogens with two attached hydrogens (primary N) is 1. The fourth-order valence-electron chi connectivity index (χ4n) is 3.06. The summed E-state index contributed by atoms with van der Waals surface area (Å²) >= 11 is 1.16. The minimum Gasteiger partial charge on any atom is -0.444 e. The first-order valence-electron chi connectivity index (χ1n) is 8.01. The summed E-state index contributed by atoms with van der Waals surface area (Å²) in [6, 6.07) is 1.91. The lowest BCUT2D eigenvalue weighted by Crippen LogP contribution is -2.45. The monoisotopic (exact) mass is 340 g/mol. The molecule has 2 N–H and O–H groups in total. The van der Waals surface area contributed by atoms with Gasteiger partial charge in [0.1, 0.15) is 10.6 Å². The molecule has 23 heavy (non-hydrogen) atoms. The Labute approximate surface area is 142 Å². The Morgan fingerprint density at radius 2 is 2.22 bits per heavy atom. The number of hydrogen-bond donors (Lipinski definition) is 1. The molecule has 0 radical (unpaired) electrons. The summed E-state index contributed by atoms with van der Waals surface area (Å²) < 4.78 is 7.45. The van der Waals surface area contributed by atoms with Crippen molar-refractivity contribution in [3.8, 4) is 0 Å². The van der Waals surface area contributed by atoms with Gasteiger partial charge in [-0.3, -0.25) is 9.82 Å². The van der Waals surface area contributed by atoms with Crippen LogP contribution in [-0.2, 0) is 11.3 Å². The van der Waals surface area contributed by atoms with Crippen LogP contribution in [0.1, 0.15) is 47.5 Å². The molecule has 1 unspecified atom stereocenters. The fourth-order valence-corrected chi connectivity index (χ4v) is 3.36. The Kier molecular flexibility index (Phi) is 5.30. The van der Waals surface area contributed by atoms with Crippen LogP contribution in [0, 0.1) is 5.92 Å². The topological polar surface area (TPSA) is 73.4 Å². The third kappa shape index (κ3) is 4.88. The lowest BCUT2D eigenvalue weighted by atomic mass is 9.94. The number of aromatic nitrogens is 2. The van der Waals surface area contributed by atoms with E-state index in [1.165, 1.54) is 0 Å². The predicted octanol–water partition coefficient (Wildman–Crippen LogP) is 3.27. The highest BCUT2D eigenvalue weighted by atomic mass is 32.2. The van der Waals surface area contributed by atoms with Crippen molar-refractivity contribution in [3.05, 3.63) is 12.3 Å². The molecular weight excluding hydrogens is 312 g/mol. The van der Waals surface area contributed by atoms with Crippen LogP contribution in [0.4, 0.5) is 4.79 Å². The second-order valence-corrected chi connectivity index (χ2v) is 8.45. The van der Waals surface area contributed by atoms with E-state index in [1.807, 2.05) is 42.6 Å². The molecule has 1 fully saturated rings. The molecule has 130 valence electrons. The molecule has 0 bridgehead atoms. The lowest BCUT2D eigenvalue weighted by Gasteiger charge is -2.33. The number of amides is 1. The molecule has 0 aliphatic carbocycles. The molecule has 1 amide bonds.